The highest BCUT2D eigenvalue weighted by Crippen LogP contribution is 2.12. The number of hydrogen-bond donors (Lipinski definition) is 2. The molecule has 1 aliphatic heterocycles. The molecule has 0 radical (unpaired) electrons. The maximum absolute atomic E-state index is 12.9. The molecule has 1 aromatic rings. The highest BCUT2D eigenvalue weighted by atomic mass is 19.1. The van der Waals surface area contributed by atoms with Crippen molar-refractivity contribution >= 4 is 11.8 Å². The van der Waals surface area contributed by atoms with Crippen molar-refractivity contribution < 1.29 is 18.7 Å². The lowest BCUT2D eigenvalue weighted by molar-refractivity contribution is -0.121. The predicted molar refractivity (Wildman–Crippen MR) is 102 cm³/mol. The Morgan fingerprint density at radius 1 is 1.15 bits per heavy atom. The molecule has 2 amide bonds. The van der Waals surface area contributed by atoms with Crippen molar-refractivity contribution in [3.8, 4) is 0 Å². The molecule has 7 heteroatoms. The van der Waals surface area contributed by atoms with Crippen LogP contribution in [0.25, 0.3) is 0 Å². The Labute approximate surface area is 160 Å². The quantitative estimate of drug-likeness (QED) is 0.642. The summed E-state index contributed by atoms with van der Waals surface area (Å²) in [5.74, 6) is -0.203. The third-order valence-corrected chi connectivity index (χ3v) is 4.77. The predicted octanol–water partition coefficient (Wildman–Crippen LogP) is 1.81. The fourth-order valence-corrected chi connectivity index (χ4v) is 3.16. The van der Waals surface area contributed by atoms with Crippen molar-refractivity contribution in [3.63, 3.8) is 0 Å². The Bertz CT molecular complexity index is 601. The van der Waals surface area contributed by atoms with Gasteiger partial charge in [-0.05, 0) is 36.6 Å². The van der Waals surface area contributed by atoms with Crippen LogP contribution in [0.2, 0.25) is 0 Å². The van der Waals surface area contributed by atoms with Crippen LogP contribution < -0.4 is 10.6 Å². The lowest BCUT2D eigenvalue weighted by Gasteiger charge is -2.36. The van der Waals surface area contributed by atoms with Gasteiger partial charge in [0.1, 0.15) is 5.82 Å². The number of rotatable bonds is 9. The third-order valence-electron chi connectivity index (χ3n) is 4.77. The lowest BCUT2D eigenvalue weighted by atomic mass is 10.0. The van der Waals surface area contributed by atoms with Crippen LogP contribution in [0.15, 0.2) is 24.3 Å². The second-order valence-corrected chi connectivity index (χ2v) is 7.13. The van der Waals surface area contributed by atoms with Gasteiger partial charge in [-0.2, -0.15) is 0 Å². The average molecular weight is 379 g/mol. The summed E-state index contributed by atoms with van der Waals surface area (Å²) in [4.78, 5) is 26.4. The molecular formula is C20H30FN3O3. The molecule has 1 unspecified atom stereocenters. The number of ether oxygens (including phenoxy) is 1. The molecule has 0 spiro atoms. The van der Waals surface area contributed by atoms with Crippen molar-refractivity contribution in [2.24, 2.45) is 5.92 Å². The minimum atomic E-state index is -0.375. The Morgan fingerprint density at radius 2 is 1.81 bits per heavy atom. The summed E-state index contributed by atoms with van der Waals surface area (Å²) >= 11 is 0. The van der Waals surface area contributed by atoms with E-state index in [1.807, 2.05) is 0 Å². The minimum absolute atomic E-state index is 0.00931. The third kappa shape index (κ3) is 7.27. The monoisotopic (exact) mass is 379 g/mol. The number of nitrogens with one attached hydrogen (secondary N) is 2. The van der Waals surface area contributed by atoms with Gasteiger partial charge in [-0.3, -0.25) is 14.5 Å². The van der Waals surface area contributed by atoms with Crippen molar-refractivity contribution in [3.05, 3.63) is 35.6 Å². The molecule has 6 nitrogen and oxygen atoms in total. The van der Waals surface area contributed by atoms with E-state index in [1.54, 1.807) is 0 Å². The van der Waals surface area contributed by atoms with Gasteiger partial charge in [0.05, 0.1) is 13.2 Å². The topological polar surface area (TPSA) is 70.7 Å². The van der Waals surface area contributed by atoms with Crippen LogP contribution in [0, 0.1) is 11.7 Å². The maximum Gasteiger partial charge on any atom is 0.251 e. The van der Waals surface area contributed by atoms with Gasteiger partial charge < -0.3 is 15.4 Å². The molecule has 0 saturated carbocycles. The molecule has 2 rings (SSSR count). The molecule has 1 atom stereocenters. The van der Waals surface area contributed by atoms with Crippen LogP contribution in [0.3, 0.4) is 0 Å². The van der Waals surface area contributed by atoms with Crippen LogP contribution in [-0.2, 0) is 9.53 Å². The van der Waals surface area contributed by atoms with Crippen LogP contribution in [0.4, 0.5) is 4.39 Å². The van der Waals surface area contributed by atoms with E-state index in [1.165, 1.54) is 24.3 Å². The molecule has 1 aromatic carbocycles. The minimum Gasteiger partial charge on any atom is -0.379 e. The molecule has 1 saturated heterocycles. The summed E-state index contributed by atoms with van der Waals surface area (Å²) in [5.41, 5.74) is 0.408. The van der Waals surface area contributed by atoms with Crippen LogP contribution >= 0.6 is 0 Å². The standard InChI is InChI=1S/C20H30FN3O3/c1-15(2)18(24-10-12-27-13-11-24)14-23-19(25)4-3-9-22-20(26)16-5-7-17(21)8-6-16/h5-8,15,18H,3-4,9-14H2,1-2H3,(H,22,26)(H,23,25). The van der Waals surface area contributed by atoms with E-state index in [9.17, 15) is 14.0 Å². The van der Waals surface area contributed by atoms with Gasteiger partial charge in [-0.1, -0.05) is 13.8 Å². The Balaban J connectivity index is 1.64. The number of morpholine rings is 1. The van der Waals surface area contributed by atoms with Gasteiger partial charge in [0.15, 0.2) is 0 Å². The van der Waals surface area contributed by atoms with Gasteiger partial charge >= 0.3 is 0 Å². The summed E-state index contributed by atoms with van der Waals surface area (Å²) in [6, 6.07) is 5.68. The average Bonchev–Trinajstić information content (AvgIpc) is 2.66. The molecule has 27 heavy (non-hydrogen) atoms. The first kappa shape index (κ1) is 21.3. The van der Waals surface area contributed by atoms with Crippen LogP contribution in [-0.4, -0.2) is 62.1 Å². The number of benzene rings is 1. The molecule has 0 bridgehead atoms. The van der Waals surface area contributed by atoms with E-state index in [0.29, 0.717) is 43.5 Å². The van der Waals surface area contributed by atoms with Gasteiger partial charge in [0.2, 0.25) is 5.91 Å². The second-order valence-electron chi connectivity index (χ2n) is 7.13. The number of nitrogens with zero attached hydrogens (tertiary/aromatic N) is 1. The summed E-state index contributed by atoms with van der Waals surface area (Å²) < 4.78 is 18.3. The smallest absolute Gasteiger partial charge is 0.251 e. The van der Waals surface area contributed by atoms with Gasteiger partial charge in [0.25, 0.3) is 5.91 Å². The number of carbonyl (C=O) groups is 2. The molecule has 150 valence electrons. The summed E-state index contributed by atoms with van der Waals surface area (Å²) in [6.45, 7) is 8.63. The largest absolute Gasteiger partial charge is 0.379 e. The Morgan fingerprint density at radius 3 is 2.44 bits per heavy atom. The zero-order valence-electron chi connectivity index (χ0n) is 16.2. The van der Waals surface area contributed by atoms with Gasteiger partial charge in [-0.25, -0.2) is 4.39 Å². The molecule has 0 aliphatic carbocycles. The van der Waals surface area contributed by atoms with Gasteiger partial charge in [0, 0.05) is 44.2 Å². The molecule has 0 aromatic heterocycles. The zero-order chi connectivity index (χ0) is 19.6. The Kier molecular flexibility index (Phi) is 8.67. The first-order valence-electron chi connectivity index (χ1n) is 9.59. The van der Waals surface area contributed by atoms with Gasteiger partial charge in [-0.15, -0.1) is 0 Å². The molecule has 1 aliphatic rings. The SMILES string of the molecule is CC(C)C(CNC(=O)CCCNC(=O)c1ccc(F)cc1)N1CCOCC1. The molecule has 2 N–H and O–H groups in total. The molecular weight excluding hydrogens is 349 g/mol. The molecule has 1 heterocycles. The van der Waals surface area contributed by atoms with E-state index >= 15 is 0 Å². The Hall–Kier alpha value is -1.99. The first-order valence-corrected chi connectivity index (χ1v) is 9.59. The second kappa shape index (κ2) is 11.0. The molecule has 1 fully saturated rings. The van der Waals surface area contributed by atoms with Crippen molar-refractivity contribution in [2.75, 3.05) is 39.4 Å². The maximum atomic E-state index is 12.9. The van der Waals surface area contributed by atoms with E-state index in [0.717, 1.165) is 26.3 Å². The zero-order valence-corrected chi connectivity index (χ0v) is 16.2. The van der Waals surface area contributed by atoms with E-state index in [-0.39, 0.29) is 17.6 Å². The number of amides is 2. The highest BCUT2D eigenvalue weighted by molar-refractivity contribution is 5.94. The van der Waals surface area contributed by atoms with E-state index < -0.39 is 0 Å². The highest BCUT2D eigenvalue weighted by Gasteiger charge is 2.24. The number of carbonyl (C=O) groups excluding carboxylic acids is 2. The van der Waals surface area contributed by atoms with E-state index in [4.69, 9.17) is 4.74 Å². The summed E-state index contributed by atoms with van der Waals surface area (Å²) in [7, 11) is 0. The summed E-state index contributed by atoms with van der Waals surface area (Å²) in [6.07, 6.45) is 0.917. The fraction of sp³-hybridized carbons (Fsp3) is 0.600. The summed E-state index contributed by atoms with van der Waals surface area (Å²) in [5, 5.41) is 5.76. The van der Waals surface area contributed by atoms with Crippen molar-refractivity contribution in [2.45, 2.75) is 32.7 Å². The van der Waals surface area contributed by atoms with Crippen LogP contribution in [0.1, 0.15) is 37.0 Å². The fourth-order valence-electron chi connectivity index (χ4n) is 3.16. The lowest BCUT2D eigenvalue weighted by Crippen LogP contribution is -2.51. The normalized spacial score (nSPS) is 16.1. The van der Waals surface area contributed by atoms with Crippen molar-refractivity contribution in [1.82, 2.24) is 15.5 Å². The first-order chi connectivity index (χ1) is 13.0. The number of hydrogen-bond acceptors (Lipinski definition) is 4. The number of halogens is 1. The van der Waals surface area contributed by atoms with E-state index in [2.05, 4.69) is 29.4 Å². The van der Waals surface area contributed by atoms with Crippen molar-refractivity contribution in [1.29, 1.82) is 0 Å². The van der Waals surface area contributed by atoms with Crippen LogP contribution in [0.5, 0.6) is 0 Å².